The third-order valence-corrected chi connectivity index (χ3v) is 9.22. The van der Waals surface area contributed by atoms with Gasteiger partial charge in [0.1, 0.15) is 6.10 Å². The summed E-state index contributed by atoms with van der Waals surface area (Å²) >= 11 is 0. The molecule has 6 nitrogen and oxygen atoms in total. The number of benzene rings is 4. The summed E-state index contributed by atoms with van der Waals surface area (Å²) in [5.41, 5.74) is -4.78. The van der Waals surface area contributed by atoms with Gasteiger partial charge in [-0.1, -0.05) is 121 Å². The molecular weight excluding hydrogens is 504 g/mol. The fraction of sp³-hybridized carbons (Fsp3) is 0.265. The number of esters is 1. The molecule has 1 aliphatic carbocycles. The van der Waals surface area contributed by atoms with Crippen molar-refractivity contribution in [2.24, 2.45) is 0 Å². The molecule has 4 aromatic rings. The number of carbonyl (C=O) groups excluding carboxylic acids is 1. The molecule has 0 aromatic heterocycles. The van der Waals surface area contributed by atoms with Gasteiger partial charge in [-0.3, -0.25) is 0 Å². The van der Waals surface area contributed by atoms with Gasteiger partial charge in [0, 0.05) is 12.3 Å². The van der Waals surface area contributed by atoms with Crippen LogP contribution in [-0.4, -0.2) is 44.2 Å². The Labute approximate surface area is 232 Å². The Kier molecular flexibility index (Phi) is 5.57. The second-order valence-electron chi connectivity index (χ2n) is 11.1. The number of rotatable bonds is 6. The van der Waals surface area contributed by atoms with Gasteiger partial charge in [0.25, 0.3) is 0 Å². The summed E-state index contributed by atoms with van der Waals surface area (Å²) < 4.78 is 13.1. The predicted molar refractivity (Wildman–Crippen MR) is 147 cm³/mol. The van der Waals surface area contributed by atoms with Crippen LogP contribution < -0.4 is 0 Å². The van der Waals surface area contributed by atoms with Crippen LogP contribution in [0.15, 0.2) is 121 Å². The van der Waals surface area contributed by atoms with Crippen LogP contribution in [0, 0.1) is 0 Å². The fourth-order valence-electron chi connectivity index (χ4n) is 7.52. The van der Waals surface area contributed by atoms with Gasteiger partial charge >= 0.3 is 5.97 Å². The summed E-state index contributed by atoms with van der Waals surface area (Å²) in [4.78, 5) is 14.2. The highest BCUT2D eigenvalue weighted by Crippen LogP contribution is 2.78. The molecule has 202 valence electrons. The Morgan fingerprint density at radius 2 is 1.35 bits per heavy atom. The summed E-state index contributed by atoms with van der Waals surface area (Å²) in [6, 6.07) is 36.6. The van der Waals surface area contributed by atoms with E-state index >= 15 is 0 Å². The molecule has 6 heteroatoms. The van der Waals surface area contributed by atoms with Crippen LogP contribution >= 0.6 is 0 Å². The van der Waals surface area contributed by atoms with E-state index in [0.29, 0.717) is 11.1 Å². The van der Waals surface area contributed by atoms with E-state index in [2.05, 4.69) is 0 Å². The van der Waals surface area contributed by atoms with Crippen LogP contribution in [0.4, 0.5) is 0 Å². The molecule has 0 radical (unpaired) electrons. The molecule has 0 bridgehead atoms. The van der Waals surface area contributed by atoms with E-state index in [-0.39, 0.29) is 12.8 Å². The zero-order valence-corrected chi connectivity index (χ0v) is 21.8. The molecule has 3 fully saturated rings. The molecule has 7 atom stereocenters. The maximum absolute atomic E-state index is 14.2. The molecule has 3 aliphatic rings. The van der Waals surface area contributed by atoms with E-state index in [1.807, 2.05) is 84.9 Å². The minimum Gasteiger partial charge on any atom is -0.450 e. The van der Waals surface area contributed by atoms with Gasteiger partial charge in [0.2, 0.25) is 5.60 Å². The first kappa shape index (κ1) is 25.2. The molecule has 2 aliphatic heterocycles. The Morgan fingerprint density at radius 1 is 0.800 bits per heavy atom. The largest absolute Gasteiger partial charge is 0.450 e. The molecule has 4 aromatic carbocycles. The Morgan fingerprint density at radius 3 is 1.98 bits per heavy atom. The predicted octanol–water partition coefficient (Wildman–Crippen LogP) is 4.20. The lowest BCUT2D eigenvalue weighted by Gasteiger charge is -2.56. The fourth-order valence-corrected chi connectivity index (χ4v) is 7.52. The van der Waals surface area contributed by atoms with Crippen molar-refractivity contribution in [3.8, 4) is 0 Å². The van der Waals surface area contributed by atoms with Crippen LogP contribution in [-0.2, 0) is 26.3 Å². The van der Waals surface area contributed by atoms with E-state index in [1.165, 1.54) is 0 Å². The number of epoxide rings is 1. The number of aliphatic hydroxyl groups is 3. The maximum atomic E-state index is 14.2. The first-order valence-electron chi connectivity index (χ1n) is 13.6. The second-order valence-corrected chi connectivity index (χ2v) is 11.1. The zero-order valence-electron chi connectivity index (χ0n) is 21.8. The van der Waals surface area contributed by atoms with E-state index in [0.717, 1.165) is 11.1 Å². The minimum atomic E-state index is -2.07. The third-order valence-electron chi connectivity index (χ3n) is 9.22. The Bertz CT molecular complexity index is 1530. The van der Waals surface area contributed by atoms with Crippen molar-refractivity contribution in [2.45, 2.75) is 53.4 Å². The lowest BCUT2D eigenvalue weighted by Crippen LogP contribution is -2.71. The summed E-state index contributed by atoms with van der Waals surface area (Å²) in [5.74, 6) is -1.34. The van der Waals surface area contributed by atoms with Crippen molar-refractivity contribution < 1.29 is 29.6 Å². The average Bonchev–Trinajstić information content (AvgIpc) is 3.64. The van der Waals surface area contributed by atoms with Gasteiger partial charge in [-0.15, -0.1) is 0 Å². The minimum absolute atomic E-state index is 0.0269. The van der Waals surface area contributed by atoms with Crippen LogP contribution in [0.3, 0.4) is 0 Å². The molecule has 3 N–H and O–H groups in total. The zero-order chi connectivity index (χ0) is 27.6. The van der Waals surface area contributed by atoms with E-state index in [1.54, 1.807) is 36.4 Å². The second kappa shape index (κ2) is 8.85. The average molecular weight is 535 g/mol. The molecule has 1 saturated carbocycles. The molecule has 40 heavy (non-hydrogen) atoms. The van der Waals surface area contributed by atoms with Crippen molar-refractivity contribution in [1.29, 1.82) is 0 Å². The van der Waals surface area contributed by atoms with E-state index in [9.17, 15) is 20.1 Å². The van der Waals surface area contributed by atoms with Crippen LogP contribution in [0.2, 0.25) is 0 Å². The Balaban J connectivity index is 1.53. The molecule has 2 saturated heterocycles. The quantitative estimate of drug-likeness (QED) is 0.253. The van der Waals surface area contributed by atoms with Crippen molar-refractivity contribution in [3.63, 3.8) is 0 Å². The summed E-state index contributed by atoms with van der Waals surface area (Å²) in [5, 5.41) is 37.1. The topological polar surface area (TPSA) is 99.5 Å². The van der Waals surface area contributed by atoms with Crippen LogP contribution in [0.1, 0.15) is 40.7 Å². The van der Waals surface area contributed by atoms with Gasteiger partial charge in [0.15, 0.2) is 16.8 Å². The summed E-state index contributed by atoms with van der Waals surface area (Å²) in [6.07, 6.45) is -2.56. The molecule has 7 unspecified atom stereocenters. The summed E-state index contributed by atoms with van der Waals surface area (Å²) in [6.45, 7) is 0. The van der Waals surface area contributed by atoms with Gasteiger partial charge in [-0.2, -0.15) is 0 Å². The molecule has 2 heterocycles. The lowest BCUT2D eigenvalue weighted by molar-refractivity contribution is -0.263. The van der Waals surface area contributed by atoms with E-state index < -0.39 is 46.5 Å². The number of ether oxygens (including phenoxy) is 2. The van der Waals surface area contributed by atoms with Crippen molar-refractivity contribution >= 4 is 5.97 Å². The number of hydrogen-bond donors (Lipinski definition) is 3. The van der Waals surface area contributed by atoms with Gasteiger partial charge < -0.3 is 24.8 Å². The standard InChI is InChI=1S/C34H30O6/c35-28-21-27(24-15-7-2-8-16-24)33(29(36)25-17-9-3-10-18-25)34(32(28,38)26-19-11-4-12-20-26)31(40-34,30(37)39-33)22-23-13-5-1-6-14-23/h1-20,27-29,35-36,38H,21-22H2. The maximum Gasteiger partial charge on any atom is 0.342 e. The van der Waals surface area contributed by atoms with Crippen molar-refractivity contribution in [2.75, 3.05) is 0 Å². The first-order chi connectivity index (χ1) is 19.4. The normalized spacial score (nSPS) is 34.8. The third kappa shape index (κ3) is 3.05. The highest BCUT2D eigenvalue weighted by molar-refractivity contribution is 5.92. The highest BCUT2D eigenvalue weighted by Gasteiger charge is 2.99. The molecular formula is C34H30O6. The summed E-state index contributed by atoms with van der Waals surface area (Å²) in [7, 11) is 0. The number of hydrogen-bond acceptors (Lipinski definition) is 6. The van der Waals surface area contributed by atoms with Crippen LogP contribution in [0.5, 0.6) is 0 Å². The van der Waals surface area contributed by atoms with E-state index in [4.69, 9.17) is 9.47 Å². The van der Waals surface area contributed by atoms with Gasteiger partial charge in [-0.05, 0) is 28.7 Å². The van der Waals surface area contributed by atoms with Crippen LogP contribution in [0.25, 0.3) is 0 Å². The molecule has 0 amide bonds. The van der Waals surface area contributed by atoms with Gasteiger partial charge in [0.05, 0.1) is 6.10 Å². The monoisotopic (exact) mass is 534 g/mol. The number of carbonyl (C=O) groups is 1. The highest BCUT2D eigenvalue weighted by atomic mass is 16.7. The lowest BCUT2D eigenvalue weighted by atomic mass is 9.51. The molecule has 7 rings (SSSR count). The number of aliphatic hydroxyl groups excluding tert-OH is 2. The molecule has 1 spiro atoms. The van der Waals surface area contributed by atoms with Crippen molar-refractivity contribution in [1.82, 2.24) is 0 Å². The van der Waals surface area contributed by atoms with Crippen molar-refractivity contribution in [3.05, 3.63) is 144 Å². The Hall–Kier alpha value is -3.81. The van der Waals surface area contributed by atoms with Gasteiger partial charge in [-0.25, -0.2) is 4.79 Å². The SMILES string of the molecule is O=C1OC2(C(O)c3ccccc3)C(c3ccccc3)CC(O)C(O)(c3ccccc3)C23OC13Cc1ccccc1. The smallest absolute Gasteiger partial charge is 0.342 e. The first-order valence-corrected chi connectivity index (χ1v) is 13.6.